The first kappa shape index (κ1) is 61.9. The molecule has 0 radical (unpaired) electrons. The Morgan fingerprint density at radius 1 is 0.545 bits per heavy atom. The normalized spacial score (nSPS) is 19.4. The number of ether oxygens (including phenoxy) is 4. The maximum atomic E-state index is 12.9. The van der Waals surface area contributed by atoms with E-state index in [2.05, 4.69) is 37.8 Å². The van der Waals surface area contributed by atoms with E-state index >= 15 is 0 Å². The fourth-order valence-corrected chi connectivity index (χ4v) is 8.90. The van der Waals surface area contributed by atoms with Gasteiger partial charge in [-0.25, -0.2) is 0 Å². The zero-order chi connectivity index (χ0) is 48.4. The highest BCUT2D eigenvalue weighted by atomic mass is 32.2. The summed E-state index contributed by atoms with van der Waals surface area (Å²) in [6, 6.07) is 0. The first-order valence-electron chi connectivity index (χ1n) is 26.5. The molecule has 386 valence electrons. The van der Waals surface area contributed by atoms with Gasteiger partial charge in [0.05, 0.1) is 6.61 Å². The Bertz CT molecular complexity index is 1340. The lowest BCUT2D eigenvalue weighted by Crippen LogP contribution is -2.60. The molecular formula is C53H96O12S. The zero-order valence-electron chi connectivity index (χ0n) is 41.4. The molecule has 1 aliphatic rings. The van der Waals surface area contributed by atoms with Crippen LogP contribution < -0.4 is 0 Å². The highest BCUT2D eigenvalue weighted by molar-refractivity contribution is 7.85. The molecule has 2 unspecified atom stereocenters. The summed E-state index contributed by atoms with van der Waals surface area (Å²) < 4.78 is 54.2. The second-order valence-electron chi connectivity index (χ2n) is 18.6. The monoisotopic (exact) mass is 957 g/mol. The second-order valence-corrected chi connectivity index (χ2v) is 20.1. The van der Waals surface area contributed by atoms with Crippen molar-refractivity contribution in [3.8, 4) is 0 Å². The van der Waals surface area contributed by atoms with Gasteiger partial charge in [-0.1, -0.05) is 191 Å². The highest BCUT2D eigenvalue weighted by Gasteiger charge is 2.46. The van der Waals surface area contributed by atoms with E-state index < -0.39 is 71.2 Å². The van der Waals surface area contributed by atoms with Crippen molar-refractivity contribution < 1.29 is 56.8 Å². The number of aliphatic hydroxyl groups is 3. The van der Waals surface area contributed by atoms with E-state index in [1.165, 1.54) is 148 Å². The van der Waals surface area contributed by atoms with E-state index in [1.807, 2.05) is 6.08 Å². The van der Waals surface area contributed by atoms with Crippen molar-refractivity contribution in [3.05, 3.63) is 37.0 Å². The number of carbonyl (C=O) groups excluding carboxylic acids is 2. The number of esters is 2. The molecule has 0 spiro atoms. The molecule has 0 aliphatic carbocycles. The predicted octanol–water partition coefficient (Wildman–Crippen LogP) is 12.1. The standard InChI is InChI=1S/C53H96O12S/c1-3-5-7-9-11-13-15-17-19-20-21-22-23-24-25-26-28-30-32-34-36-38-40-42-49(55)64-46(44-63-53-52(58)51(57)50(56)47(65-53)45-66(59,60)61)43-62-48(54)41-39-37-35-33-31-29-27-18-16-14-12-10-8-6-4-2/h4,26,28,34,36,46-47,50-53,56-58H,2-3,5-25,27,29-33,35,37-45H2,1H3,(H,59,60,61)/b28-26+,36-34+/t46-,47-,50-,51?,52?,53+/m1/s1. The SMILES string of the molecule is C=CCCCCCCCCCCCCCCCC(=O)OC[C@H](CO[C@H]1O[C@H](CS(=O)(=O)O)[C@@H](O)C(O)C1O)OC(=O)CCC/C=C/CC/C=C/CCCCCCCCCCCCCCCC. The average molecular weight is 957 g/mol. The van der Waals surface area contributed by atoms with Crippen molar-refractivity contribution in [1.29, 1.82) is 0 Å². The van der Waals surface area contributed by atoms with E-state index in [0.717, 1.165) is 44.9 Å². The Labute approximate surface area is 401 Å². The molecule has 1 heterocycles. The molecule has 6 atom stereocenters. The lowest BCUT2D eigenvalue weighted by Gasteiger charge is -2.40. The first-order valence-corrected chi connectivity index (χ1v) is 28.1. The first-order chi connectivity index (χ1) is 32.0. The molecule has 1 aliphatic heterocycles. The molecule has 12 nitrogen and oxygen atoms in total. The number of aliphatic hydroxyl groups excluding tert-OH is 3. The van der Waals surface area contributed by atoms with Crippen molar-refractivity contribution in [2.45, 2.75) is 268 Å². The molecule has 0 aromatic rings. The van der Waals surface area contributed by atoms with Gasteiger partial charge in [0.1, 0.15) is 36.8 Å². The van der Waals surface area contributed by atoms with Gasteiger partial charge in [0.2, 0.25) is 0 Å². The van der Waals surface area contributed by atoms with E-state index in [4.69, 9.17) is 18.9 Å². The van der Waals surface area contributed by atoms with Crippen LogP contribution in [0.4, 0.5) is 0 Å². The quantitative estimate of drug-likeness (QED) is 0.0196. The Kier molecular flexibility index (Phi) is 40.3. The molecule has 13 heteroatoms. The minimum absolute atomic E-state index is 0.105. The molecule has 0 aromatic heterocycles. The maximum absolute atomic E-state index is 12.9. The molecule has 1 saturated heterocycles. The number of carbonyl (C=O) groups is 2. The Hall–Kier alpha value is -2.13. The summed E-state index contributed by atoms with van der Waals surface area (Å²) in [5.41, 5.74) is 0. The number of hydrogen-bond donors (Lipinski definition) is 4. The van der Waals surface area contributed by atoms with E-state index in [-0.39, 0.29) is 19.4 Å². The Morgan fingerprint density at radius 3 is 1.45 bits per heavy atom. The topological polar surface area (TPSA) is 186 Å². The predicted molar refractivity (Wildman–Crippen MR) is 266 cm³/mol. The highest BCUT2D eigenvalue weighted by Crippen LogP contribution is 2.24. The van der Waals surface area contributed by atoms with E-state index in [1.54, 1.807) is 0 Å². The van der Waals surface area contributed by atoms with Crippen LogP contribution >= 0.6 is 0 Å². The molecule has 0 aromatic carbocycles. The van der Waals surface area contributed by atoms with Gasteiger partial charge in [-0.3, -0.25) is 14.1 Å². The largest absolute Gasteiger partial charge is 0.462 e. The van der Waals surface area contributed by atoms with Crippen molar-refractivity contribution in [3.63, 3.8) is 0 Å². The van der Waals surface area contributed by atoms with Crippen LogP contribution in [0.5, 0.6) is 0 Å². The van der Waals surface area contributed by atoms with Crippen LogP contribution in [-0.2, 0) is 38.7 Å². The summed E-state index contributed by atoms with van der Waals surface area (Å²) in [5.74, 6) is -2.03. The lowest BCUT2D eigenvalue weighted by molar-refractivity contribution is -0.297. The molecular weight excluding hydrogens is 861 g/mol. The minimum Gasteiger partial charge on any atom is -0.462 e. The van der Waals surface area contributed by atoms with Crippen molar-refractivity contribution in [1.82, 2.24) is 0 Å². The third-order valence-corrected chi connectivity index (χ3v) is 13.1. The van der Waals surface area contributed by atoms with Gasteiger partial charge in [0, 0.05) is 12.8 Å². The lowest BCUT2D eigenvalue weighted by atomic mass is 10.00. The van der Waals surface area contributed by atoms with E-state index in [9.17, 15) is 37.9 Å². The van der Waals surface area contributed by atoms with Crippen LogP contribution in [0.3, 0.4) is 0 Å². The van der Waals surface area contributed by atoms with Gasteiger partial charge in [-0.05, 0) is 57.8 Å². The van der Waals surface area contributed by atoms with Gasteiger partial charge in [-0.15, -0.1) is 6.58 Å². The van der Waals surface area contributed by atoms with Gasteiger partial charge in [0.25, 0.3) is 10.1 Å². The van der Waals surface area contributed by atoms with Crippen LogP contribution in [0.1, 0.15) is 232 Å². The van der Waals surface area contributed by atoms with Crippen LogP contribution in [0.25, 0.3) is 0 Å². The molecule has 66 heavy (non-hydrogen) atoms. The van der Waals surface area contributed by atoms with Gasteiger partial charge < -0.3 is 34.3 Å². The number of hydrogen-bond acceptors (Lipinski definition) is 11. The Balaban J connectivity index is 2.36. The van der Waals surface area contributed by atoms with E-state index in [0.29, 0.717) is 19.3 Å². The maximum Gasteiger partial charge on any atom is 0.306 e. The molecule has 0 saturated carbocycles. The summed E-state index contributed by atoms with van der Waals surface area (Å²) in [7, 11) is -4.61. The smallest absolute Gasteiger partial charge is 0.306 e. The Morgan fingerprint density at radius 2 is 0.970 bits per heavy atom. The molecule has 0 amide bonds. The summed E-state index contributed by atoms with van der Waals surface area (Å²) in [5, 5.41) is 31.0. The van der Waals surface area contributed by atoms with Crippen LogP contribution in [0, 0.1) is 0 Å². The summed E-state index contributed by atoms with van der Waals surface area (Å²) in [6.07, 6.45) is 40.9. The van der Waals surface area contributed by atoms with Crippen molar-refractivity contribution in [2.75, 3.05) is 19.0 Å². The average Bonchev–Trinajstić information content (AvgIpc) is 3.28. The fraction of sp³-hybridized carbons (Fsp3) is 0.849. The molecule has 4 N–H and O–H groups in total. The van der Waals surface area contributed by atoms with Gasteiger partial charge in [-0.2, -0.15) is 8.42 Å². The summed E-state index contributed by atoms with van der Waals surface area (Å²) in [6.45, 7) is 5.29. The summed E-state index contributed by atoms with van der Waals surface area (Å²) in [4.78, 5) is 25.5. The van der Waals surface area contributed by atoms with Crippen molar-refractivity contribution >= 4 is 22.1 Å². The summed E-state index contributed by atoms with van der Waals surface area (Å²) >= 11 is 0. The van der Waals surface area contributed by atoms with Crippen molar-refractivity contribution in [2.24, 2.45) is 0 Å². The number of unbranched alkanes of at least 4 members (excludes halogenated alkanes) is 29. The molecule has 1 fully saturated rings. The zero-order valence-corrected chi connectivity index (χ0v) is 42.2. The third-order valence-electron chi connectivity index (χ3n) is 12.3. The fourth-order valence-electron chi connectivity index (χ4n) is 8.21. The van der Waals surface area contributed by atoms with Crippen LogP contribution in [-0.4, -0.2) is 96.0 Å². The number of allylic oxidation sites excluding steroid dienone is 5. The van der Waals surface area contributed by atoms with Gasteiger partial charge in [0.15, 0.2) is 12.4 Å². The number of rotatable bonds is 46. The second kappa shape index (κ2) is 42.9. The minimum atomic E-state index is -4.61. The van der Waals surface area contributed by atoms with Crippen LogP contribution in [0.2, 0.25) is 0 Å². The third kappa shape index (κ3) is 36.9. The molecule has 1 rings (SSSR count). The van der Waals surface area contributed by atoms with Crippen LogP contribution in [0.15, 0.2) is 37.0 Å². The molecule has 0 bridgehead atoms. The van der Waals surface area contributed by atoms with Gasteiger partial charge >= 0.3 is 11.9 Å².